The van der Waals surface area contributed by atoms with Crippen LogP contribution in [0.25, 0.3) is 28.5 Å². The lowest BCUT2D eigenvalue weighted by molar-refractivity contribution is 0.314. The zero-order valence-electron chi connectivity index (χ0n) is 15.6. The molecule has 2 aromatic heterocycles. The number of hydrogen-bond donors (Lipinski definition) is 0. The van der Waals surface area contributed by atoms with Gasteiger partial charge in [0.2, 0.25) is 5.89 Å². The molecule has 2 aromatic carbocycles. The van der Waals surface area contributed by atoms with E-state index in [2.05, 4.69) is 4.98 Å². The maximum Gasteiger partial charge on any atom is 0.226 e. The van der Waals surface area contributed by atoms with Crippen molar-refractivity contribution in [2.24, 2.45) is 0 Å². The Labute approximate surface area is 162 Å². The van der Waals surface area contributed by atoms with E-state index in [1.165, 1.54) is 7.11 Å². The van der Waals surface area contributed by atoms with Crippen LogP contribution in [0.4, 0.5) is 0 Å². The van der Waals surface area contributed by atoms with Gasteiger partial charge >= 0.3 is 0 Å². The van der Waals surface area contributed by atoms with Gasteiger partial charge in [0, 0.05) is 10.9 Å². The maximum absolute atomic E-state index is 9.00. The first kappa shape index (κ1) is 17.6. The fourth-order valence-corrected chi connectivity index (χ4v) is 3.04. The Hall–Kier alpha value is -3.78. The standard InChI is InChI=1S/C23H18N2O3/c1-15-21(25-23(27-15)17-6-4-3-5-7-17)13-19-12-18-10-16(8-9-22(18)28-19)11-20(14-24)26-2/h3-12H,13H2,1-2H3. The molecule has 0 saturated heterocycles. The number of ether oxygens (including phenoxy) is 1. The van der Waals surface area contributed by atoms with Crippen LogP contribution in [0.5, 0.6) is 0 Å². The summed E-state index contributed by atoms with van der Waals surface area (Å²) in [5.74, 6) is 2.45. The van der Waals surface area contributed by atoms with Crippen molar-refractivity contribution < 1.29 is 13.6 Å². The Balaban J connectivity index is 1.61. The van der Waals surface area contributed by atoms with E-state index in [0.717, 1.165) is 39.3 Å². The highest BCUT2D eigenvalue weighted by Crippen LogP contribution is 2.26. The topological polar surface area (TPSA) is 72.2 Å². The Bertz CT molecular complexity index is 1190. The predicted octanol–water partition coefficient (Wildman–Crippen LogP) is 5.50. The van der Waals surface area contributed by atoms with Crippen LogP contribution in [0.3, 0.4) is 0 Å². The van der Waals surface area contributed by atoms with Crippen LogP contribution in [0.1, 0.15) is 22.8 Å². The third kappa shape index (κ3) is 3.53. The monoisotopic (exact) mass is 370 g/mol. The summed E-state index contributed by atoms with van der Waals surface area (Å²) in [5, 5.41) is 9.96. The number of rotatable bonds is 5. The zero-order valence-corrected chi connectivity index (χ0v) is 15.6. The fraction of sp³-hybridized carbons (Fsp3) is 0.130. The Morgan fingerprint density at radius 3 is 2.71 bits per heavy atom. The number of methoxy groups -OCH3 is 1. The molecule has 5 heteroatoms. The molecule has 138 valence electrons. The lowest BCUT2D eigenvalue weighted by Gasteiger charge is -1.96. The first-order valence-corrected chi connectivity index (χ1v) is 8.86. The molecule has 28 heavy (non-hydrogen) atoms. The van der Waals surface area contributed by atoms with Gasteiger partial charge in [-0.1, -0.05) is 24.3 Å². The third-order valence-corrected chi connectivity index (χ3v) is 4.47. The lowest BCUT2D eigenvalue weighted by atomic mass is 10.1. The number of oxazole rings is 1. The van der Waals surface area contributed by atoms with Crippen molar-refractivity contribution in [1.82, 2.24) is 4.98 Å². The number of fused-ring (bicyclic) bond motifs is 1. The van der Waals surface area contributed by atoms with Crippen molar-refractivity contribution in [3.63, 3.8) is 0 Å². The predicted molar refractivity (Wildman–Crippen MR) is 106 cm³/mol. The molecule has 0 aliphatic carbocycles. The molecule has 0 bridgehead atoms. The Morgan fingerprint density at radius 2 is 1.96 bits per heavy atom. The molecule has 5 nitrogen and oxygen atoms in total. The molecule has 2 heterocycles. The summed E-state index contributed by atoms with van der Waals surface area (Å²) in [7, 11) is 1.48. The van der Waals surface area contributed by atoms with Gasteiger partial charge in [-0.3, -0.25) is 0 Å². The van der Waals surface area contributed by atoms with E-state index in [1.54, 1.807) is 6.08 Å². The summed E-state index contributed by atoms with van der Waals surface area (Å²) in [6.45, 7) is 1.91. The number of aryl methyl sites for hydroxylation is 1. The highest BCUT2D eigenvalue weighted by Gasteiger charge is 2.14. The molecule has 0 aliphatic rings. The molecule has 0 saturated carbocycles. The normalized spacial score (nSPS) is 11.5. The number of benzene rings is 2. The zero-order chi connectivity index (χ0) is 19.5. The van der Waals surface area contributed by atoms with Gasteiger partial charge in [0.25, 0.3) is 0 Å². The average molecular weight is 370 g/mol. The van der Waals surface area contributed by atoms with Gasteiger partial charge in [-0.2, -0.15) is 5.26 Å². The molecule has 0 amide bonds. The molecule has 4 rings (SSSR count). The smallest absolute Gasteiger partial charge is 0.226 e. The molecule has 0 radical (unpaired) electrons. The van der Waals surface area contributed by atoms with Crippen molar-refractivity contribution >= 4 is 17.0 Å². The first-order chi connectivity index (χ1) is 13.7. The van der Waals surface area contributed by atoms with Gasteiger partial charge in [-0.15, -0.1) is 0 Å². The Kier molecular flexibility index (Phi) is 4.69. The minimum atomic E-state index is 0.259. The summed E-state index contributed by atoms with van der Waals surface area (Å²) < 4.78 is 16.8. The molecule has 0 aliphatic heterocycles. The van der Waals surface area contributed by atoms with Gasteiger partial charge in [-0.05, 0) is 48.9 Å². The molecule has 0 atom stereocenters. The van der Waals surface area contributed by atoms with Gasteiger partial charge < -0.3 is 13.6 Å². The van der Waals surface area contributed by atoms with Crippen molar-refractivity contribution in [3.05, 3.63) is 83.1 Å². The number of nitrogens with zero attached hydrogens (tertiary/aromatic N) is 2. The number of furan rings is 1. The minimum Gasteiger partial charge on any atom is -0.487 e. The summed E-state index contributed by atoms with van der Waals surface area (Å²) in [4.78, 5) is 4.64. The van der Waals surface area contributed by atoms with Crippen LogP contribution in [0, 0.1) is 18.3 Å². The van der Waals surface area contributed by atoms with Gasteiger partial charge in [0.15, 0.2) is 5.76 Å². The van der Waals surface area contributed by atoms with Crippen molar-refractivity contribution in [3.8, 4) is 17.5 Å². The maximum atomic E-state index is 9.00. The average Bonchev–Trinajstić information content (AvgIpc) is 3.29. The van der Waals surface area contributed by atoms with Crippen molar-refractivity contribution in [2.45, 2.75) is 13.3 Å². The molecule has 4 aromatic rings. The molecule has 0 spiro atoms. The largest absolute Gasteiger partial charge is 0.487 e. The van der Waals surface area contributed by atoms with E-state index in [4.69, 9.17) is 18.8 Å². The van der Waals surface area contributed by atoms with Crippen molar-refractivity contribution in [2.75, 3.05) is 7.11 Å². The highest BCUT2D eigenvalue weighted by atomic mass is 16.5. The summed E-state index contributed by atoms with van der Waals surface area (Å²) in [6, 6.07) is 19.6. The van der Waals surface area contributed by atoms with Gasteiger partial charge in [-0.25, -0.2) is 4.98 Å². The fourth-order valence-electron chi connectivity index (χ4n) is 3.04. The quantitative estimate of drug-likeness (QED) is 0.343. The second-order valence-corrected chi connectivity index (χ2v) is 6.40. The SMILES string of the molecule is COC(C#N)=Cc1ccc2oc(Cc3nc(-c4ccccc4)oc3C)cc2c1. The van der Waals surface area contributed by atoms with Gasteiger partial charge in [0.1, 0.15) is 23.2 Å². The molecule has 0 N–H and O–H groups in total. The van der Waals surface area contributed by atoms with Crippen LogP contribution >= 0.6 is 0 Å². The van der Waals surface area contributed by atoms with Crippen LogP contribution < -0.4 is 0 Å². The van der Waals surface area contributed by atoms with Gasteiger partial charge in [0.05, 0.1) is 19.2 Å². The van der Waals surface area contributed by atoms with E-state index >= 15 is 0 Å². The first-order valence-electron chi connectivity index (χ1n) is 8.86. The number of allylic oxidation sites excluding steroid dienone is 1. The molecular formula is C23H18N2O3. The van der Waals surface area contributed by atoms with Crippen LogP contribution in [-0.4, -0.2) is 12.1 Å². The van der Waals surface area contributed by atoms with Crippen LogP contribution in [0.15, 0.2) is 69.2 Å². The number of nitriles is 1. The summed E-state index contributed by atoms with van der Waals surface area (Å²) >= 11 is 0. The highest BCUT2D eigenvalue weighted by molar-refractivity contribution is 5.81. The summed E-state index contributed by atoms with van der Waals surface area (Å²) in [5.41, 5.74) is 3.46. The minimum absolute atomic E-state index is 0.259. The van der Waals surface area contributed by atoms with Crippen LogP contribution in [0.2, 0.25) is 0 Å². The van der Waals surface area contributed by atoms with Crippen LogP contribution in [-0.2, 0) is 11.2 Å². The second-order valence-electron chi connectivity index (χ2n) is 6.40. The number of aromatic nitrogens is 1. The second kappa shape index (κ2) is 7.45. The molecular weight excluding hydrogens is 352 g/mol. The molecule has 0 unspecified atom stereocenters. The number of hydrogen-bond acceptors (Lipinski definition) is 5. The Morgan fingerprint density at radius 1 is 1.14 bits per heavy atom. The lowest BCUT2D eigenvalue weighted by Crippen LogP contribution is -1.88. The summed E-state index contributed by atoms with van der Waals surface area (Å²) in [6.07, 6.45) is 2.24. The van der Waals surface area contributed by atoms with E-state index in [-0.39, 0.29) is 5.76 Å². The molecule has 0 fully saturated rings. The van der Waals surface area contributed by atoms with E-state index in [1.807, 2.05) is 67.6 Å². The van der Waals surface area contributed by atoms with E-state index < -0.39 is 0 Å². The van der Waals surface area contributed by atoms with E-state index in [0.29, 0.717) is 12.3 Å². The van der Waals surface area contributed by atoms with Crippen molar-refractivity contribution in [1.29, 1.82) is 5.26 Å². The third-order valence-electron chi connectivity index (χ3n) is 4.47. The van der Waals surface area contributed by atoms with E-state index in [9.17, 15) is 0 Å².